The van der Waals surface area contributed by atoms with Crippen molar-refractivity contribution in [3.05, 3.63) is 108 Å². The molecule has 42 heavy (non-hydrogen) atoms. The maximum absolute atomic E-state index is 13.2. The molecule has 0 aromatic heterocycles. The Morgan fingerprint density at radius 3 is 1.62 bits per heavy atom. The second-order valence-electron chi connectivity index (χ2n) is 12.4. The summed E-state index contributed by atoms with van der Waals surface area (Å²) in [4.78, 5) is 26.3. The molecule has 0 aliphatic carbocycles. The molecule has 0 unspecified atom stereocenters. The number of rotatable bonds is 3. The molecule has 0 N–H and O–H groups in total. The first-order chi connectivity index (χ1) is 19.9. The Balaban J connectivity index is 1.77. The average molecular weight is 555 g/mol. The number of carbonyl (C=O) groups excluding carboxylic acids is 2. The Morgan fingerprint density at radius 1 is 0.524 bits per heavy atom. The van der Waals surface area contributed by atoms with E-state index in [1.165, 1.54) is 0 Å². The van der Waals surface area contributed by atoms with Crippen molar-refractivity contribution in [2.24, 2.45) is 10.8 Å². The van der Waals surface area contributed by atoms with E-state index in [1.807, 2.05) is 139 Å². The fourth-order valence-electron chi connectivity index (χ4n) is 4.50. The summed E-state index contributed by atoms with van der Waals surface area (Å²) in [6.45, 7) is 10.9. The number of hydrogen-bond acceptors (Lipinski definition) is 4. The van der Waals surface area contributed by atoms with Crippen LogP contribution in [0, 0.1) is 22.7 Å². The first-order valence-corrected chi connectivity index (χ1v) is 14.0. The van der Waals surface area contributed by atoms with Crippen LogP contribution in [0.5, 0.6) is 11.5 Å². The van der Waals surface area contributed by atoms with Gasteiger partial charge in [-0.05, 0) is 99.5 Å². The monoisotopic (exact) mass is 554 g/mol. The van der Waals surface area contributed by atoms with Crippen LogP contribution in [0.15, 0.2) is 97.1 Å². The standard InChI is InChI=1S/C38H34O4/c1-37(2,3)35(39)41-31-22-19-27-14-10-11-15-29(27)33(31)34-30-21-18-26(17-16-25-12-8-7-9-13-25)24-28(30)20-23-32(34)42-36(40)38(4,5)6/h7-15,18-24H,1-6H3. The lowest BCUT2D eigenvalue weighted by Gasteiger charge is -2.23. The van der Waals surface area contributed by atoms with Crippen molar-refractivity contribution in [2.75, 3.05) is 0 Å². The second-order valence-corrected chi connectivity index (χ2v) is 12.4. The highest BCUT2D eigenvalue weighted by atomic mass is 16.5. The molecule has 0 saturated heterocycles. The van der Waals surface area contributed by atoms with E-state index in [0.717, 1.165) is 32.7 Å². The number of fused-ring (bicyclic) bond motifs is 2. The third-order valence-corrected chi connectivity index (χ3v) is 6.88. The Morgan fingerprint density at radius 2 is 1.02 bits per heavy atom. The molecule has 4 nitrogen and oxygen atoms in total. The molecule has 5 rings (SSSR count). The van der Waals surface area contributed by atoms with Crippen LogP contribution < -0.4 is 9.47 Å². The average Bonchev–Trinajstić information content (AvgIpc) is 2.95. The van der Waals surface area contributed by atoms with Crippen molar-refractivity contribution in [1.29, 1.82) is 0 Å². The van der Waals surface area contributed by atoms with Gasteiger partial charge in [-0.2, -0.15) is 0 Å². The Hall–Kier alpha value is -4.88. The molecule has 0 aliphatic rings. The van der Waals surface area contributed by atoms with Crippen LogP contribution in [0.3, 0.4) is 0 Å². The number of esters is 2. The van der Waals surface area contributed by atoms with Crippen LogP contribution in [-0.2, 0) is 9.59 Å². The zero-order valence-electron chi connectivity index (χ0n) is 24.9. The zero-order chi connectivity index (χ0) is 30.1. The predicted octanol–water partition coefficient (Wildman–Crippen LogP) is 8.96. The minimum atomic E-state index is -0.719. The van der Waals surface area contributed by atoms with Gasteiger partial charge in [0.05, 0.1) is 10.8 Å². The largest absolute Gasteiger partial charge is 0.425 e. The molecule has 5 aromatic carbocycles. The molecule has 0 amide bonds. The fraction of sp³-hybridized carbons (Fsp3) is 0.211. The van der Waals surface area contributed by atoms with Crippen molar-refractivity contribution >= 4 is 33.5 Å². The molecule has 0 heterocycles. The molecule has 4 heteroatoms. The molecule has 0 bridgehead atoms. The minimum absolute atomic E-state index is 0.356. The third kappa shape index (κ3) is 6.06. The highest BCUT2D eigenvalue weighted by Gasteiger charge is 2.29. The molecule has 0 radical (unpaired) electrons. The van der Waals surface area contributed by atoms with Crippen molar-refractivity contribution in [3.8, 4) is 34.5 Å². The van der Waals surface area contributed by atoms with Crippen LogP contribution in [0.1, 0.15) is 52.7 Å². The summed E-state index contributed by atoms with van der Waals surface area (Å²) in [6, 6.07) is 31.2. The molecule has 0 saturated carbocycles. The normalized spacial score (nSPS) is 11.6. The van der Waals surface area contributed by atoms with Gasteiger partial charge in [0.15, 0.2) is 0 Å². The van der Waals surface area contributed by atoms with Crippen molar-refractivity contribution in [1.82, 2.24) is 0 Å². The molecule has 210 valence electrons. The predicted molar refractivity (Wildman–Crippen MR) is 169 cm³/mol. The third-order valence-electron chi connectivity index (χ3n) is 6.88. The minimum Gasteiger partial charge on any atom is -0.425 e. The fourth-order valence-corrected chi connectivity index (χ4v) is 4.50. The van der Waals surface area contributed by atoms with Gasteiger partial charge in [0.2, 0.25) is 0 Å². The van der Waals surface area contributed by atoms with Crippen LogP contribution >= 0.6 is 0 Å². The van der Waals surface area contributed by atoms with E-state index in [0.29, 0.717) is 22.6 Å². The van der Waals surface area contributed by atoms with Gasteiger partial charge in [-0.3, -0.25) is 9.59 Å². The van der Waals surface area contributed by atoms with Gasteiger partial charge in [-0.25, -0.2) is 0 Å². The van der Waals surface area contributed by atoms with Gasteiger partial charge in [0, 0.05) is 22.3 Å². The van der Waals surface area contributed by atoms with Gasteiger partial charge >= 0.3 is 11.9 Å². The Kier molecular flexibility index (Phi) is 7.63. The summed E-state index contributed by atoms with van der Waals surface area (Å²) >= 11 is 0. The van der Waals surface area contributed by atoms with E-state index in [1.54, 1.807) is 0 Å². The Labute approximate surface area is 247 Å². The van der Waals surface area contributed by atoms with Crippen LogP contribution in [-0.4, -0.2) is 11.9 Å². The van der Waals surface area contributed by atoms with E-state index in [4.69, 9.17) is 9.47 Å². The quantitative estimate of drug-likeness (QED) is 0.127. The lowest BCUT2D eigenvalue weighted by atomic mass is 9.91. The summed E-state index contributed by atoms with van der Waals surface area (Å²) in [5.74, 6) is 6.56. The molecule has 0 spiro atoms. The van der Waals surface area contributed by atoms with Gasteiger partial charge in [-0.15, -0.1) is 0 Å². The highest BCUT2D eigenvalue weighted by Crippen LogP contribution is 2.46. The topological polar surface area (TPSA) is 52.6 Å². The van der Waals surface area contributed by atoms with Crippen LogP contribution in [0.4, 0.5) is 0 Å². The van der Waals surface area contributed by atoms with E-state index in [-0.39, 0.29) is 11.9 Å². The van der Waals surface area contributed by atoms with Crippen molar-refractivity contribution in [2.45, 2.75) is 41.5 Å². The molecule has 5 aromatic rings. The van der Waals surface area contributed by atoms with E-state index >= 15 is 0 Å². The van der Waals surface area contributed by atoms with Gasteiger partial charge < -0.3 is 9.47 Å². The SMILES string of the molecule is CC(C)(C)C(=O)Oc1ccc2ccccc2c1-c1c(OC(=O)C(C)(C)C)ccc2cc(C#Cc3ccccc3)ccc12. The number of benzene rings is 5. The lowest BCUT2D eigenvalue weighted by Crippen LogP contribution is -2.26. The lowest BCUT2D eigenvalue weighted by molar-refractivity contribution is -0.143. The molecule has 0 atom stereocenters. The second kappa shape index (κ2) is 11.2. The number of carbonyl (C=O) groups is 2. The summed E-state index contributed by atoms with van der Waals surface area (Å²) in [5.41, 5.74) is 1.73. The van der Waals surface area contributed by atoms with Crippen LogP contribution in [0.25, 0.3) is 32.7 Å². The van der Waals surface area contributed by atoms with E-state index in [9.17, 15) is 9.59 Å². The van der Waals surface area contributed by atoms with Crippen LogP contribution in [0.2, 0.25) is 0 Å². The number of ether oxygens (including phenoxy) is 2. The molecular weight excluding hydrogens is 520 g/mol. The summed E-state index contributed by atoms with van der Waals surface area (Å²) < 4.78 is 12.1. The first-order valence-electron chi connectivity index (χ1n) is 14.0. The summed E-state index contributed by atoms with van der Waals surface area (Å²) in [6.07, 6.45) is 0. The highest BCUT2D eigenvalue weighted by molar-refractivity contribution is 6.10. The smallest absolute Gasteiger partial charge is 0.316 e. The first kappa shape index (κ1) is 28.6. The Bertz CT molecular complexity index is 1870. The zero-order valence-corrected chi connectivity index (χ0v) is 24.9. The molecule has 0 aliphatic heterocycles. The molecule has 0 fully saturated rings. The van der Waals surface area contributed by atoms with Crippen molar-refractivity contribution in [3.63, 3.8) is 0 Å². The van der Waals surface area contributed by atoms with Crippen molar-refractivity contribution < 1.29 is 19.1 Å². The van der Waals surface area contributed by atoms with E-state index < -0.39 is 10.8 Å². The number of hydrogen-bond donors (Lipinski definition) is 0. The van der Waals surface area contributed by atoms with E-state index in [2.05, 4.69) is 11.8 Å². The summed E-state index contributed by atoms with van der Waals surface area (Å²) in [5, 5.41) is 3.62. The maximum Gasteiger partial charge on any atom is 0.316 e. The molecular formula is C38H34O4. The van der Waals surface area contributed by atoms with Gasteiger partial charge in [0.25, 0.3) is 0 Å². The van der Waals surface area contributed by atoms with Gasteiger partial charge in [0.1, 0.15) is 11.5 Å². The maximum atomic E-state index is 13.2. The summed E-state index contributed by atoms with van der Waals surface area (Å²) in [7, 11) is 0. The van der Waals surface area contributed by atoms with Gasteiger partial charge in [-0.1, -0.05) is 72.5 Å².